The van der Waals surface area contributed by atoms with Crippen molar-refractivity contribution in [3.8, 4) is 17.0 Å². The van der Waals surface area contributed by atoms with Crippen molar-refractivity contribution in [1.82, 2.24) is 9.97 Å². The van der Waals surface area contributed by atoms with E-state index in [1.165, 1.54) is 0 Å². The lowest BCUT2D eigenvalue weighted by Gasteiger charge is -2.17. The highest BCUT2D eigenvalue weighted by atomic mass is 16.5. The minimum Gasteiger partial charge on any atom is -0.466 e. The smallest absolute Gasteiger partial charge is 0.262 e. The summed E-state index contributed by atoms with van der Waals surface area (Å²) in [6, 6.07) is 13.9. The largest absolute Gasteiger partial charge is 0.466 e. The molecule has 3 heterocycles. The molecule has 0 atom stereocenters. The highest BCUT2D eigenvalue weighted by Gasteiger charge is 2.17. The van der Waals surface area contributed by atoms with Crippen molar-refractivity contribution in [1.29, 1.82) is 0 Å². The minimum absolute atomic E-state index is 0.0108. The van der Waals surface area contributed by atoms with Crippen LogP contribution in [0.1, 0.15) is 12.5 Å². The van der Waals surface area contributed by atoms with Crippen LogP contribution >= 0.6 is 0 Å². The first-order valence-corrected chi connectivity index (χ1v) is 8.50. The molecular formula is C21H18N4O2. The molecule has 6 nitrogen and oxygen atoms in total. The van der Waals surface area contributed by atoms with Gasteiger partial charge in [-0.2, -0.15) is 0 Å². The second kappa shape index (κ2) is 6.92. The number of nitrogens with zero attached hydrogens (tertiary/aromatic N) is 2. The topological polar surface area (TPSA) is 76.1 Å². The summed E-state index contributed by atoms with van der Waals surface area (Å²) in [6.45, 7) is 5.93. The molecule has 1 amide bonds. The van der Waals surface area contributed by atoms with Crippen LogP contribution in [0.5, 0.6) is 5.88 Å². The van der Waals surface area contributed by atoms with Crippen molar-refractivity contribution in [2.45, 2.75) is 6.92 Å². The third-order valence-corrected chi connectivity index (χ3v) is 4.21. The number of ether oxygens (including phenoxy) is 1. The van der Waals surface area contributed by atoms with Gasteiger partial charge in [0.25, 0.3) is 5.91 Å². The van der Waals surface area contributed by atoms with Crippen molar-refractivity contribution in [2.75, 3.05) is 17.2 Å². The number of benzene rings is 1. The van der Waals surface area contributed by atoms with E-state index in [0.29, 0.717) is 23.1 Å². The Balaban J connectivity index is 1.50. The standard InChI is InChI=1S/C21H18N4O2/c1-13(2)14-3-5-15(6-4-14)16-7-8-19(22-10-16)24-17-9-18-21(23-11-17)27-12-20(26)25-18/h3-11H,1,12H2,2H3,(H,22,24)(H,25,26). The first-order valence-electron chi connectivity index (χ1n) is 8.50. The van der Waals surface area contributed by atoms with Gasteiger partial charge < -0.3 is 15.4 Å². The van der Waals surface area contributed by atoms with Crippen LogP contribution in [0.25, 0.3) is 16.7 Å². The van der Waals surface area contributed by atoms with E-state index in [2.05, 4.69) is 51.4 Å². The van der Waals surface area contributed by atoms with Crippen LogP contribution in [0.2, 0.25) is 0 Å². The van der Waals surface area contributed by atoms with Gasteiger partial charge in [-0.25, -0.2) is 9.97 Å². The molecule has 0 unspecified atom stereocenters. The normalized spacial score (nSPS) is 12.6. The van der Waals surface area contributed by atoms with Gasteiger partial charge in [0.1, 0.15) is 11.5 Å². The van der Waals surface area contributed by atoms with Crippen LogP contribution in [0.3, 0.4) is 0 Å². The molecule has 6 heteroatoms. The minimum atomic E-state index is -0.193. The molecule has 3 aromatic rings. The number of pyridine rings is 2. The molecule has 0 saturated carbocycles. The Morgan fingerprint density at radius 2 is 1.89 bits per heavy atom. The average molecular weight is 358 g/mol. The first kappa shape index (κ1) is 16.8. The lowest BCUT2D eigenvalue weighted by molar-refractivity contribution is -0.118. The van der Waals surface area contributed by atoms with Gasteiger partial charge in [0.05, 0.1) is 11.9 Å². The number of hydrogen-bond donors (Lipinski definition) is 2. The summed E-state index contributed by atoms with van der Waals surface area (Å²) in [4.78, 5) is 20.1. The fourth-order valence-electron chi connectivity index (χ4n) is 2.78. The van der Waals surface area contributed by atoms with Gasteiger partial charge >= 0.3 is 0 Å². The molecule has 0 bridgehead atoms. The number of nitrogens with one attached hydrogen (secondary N) is 2. The summed E-state index contributed by atoms with van der Waals surface area (Å²) in [5.41, 5.74) is 5.55. The maximum Gasteiger partial charge on any atom is 0.262 e. The predicted octanol–water partition coefficient (Wildman–Crippen LogP) is 4.25. The van der Waals surface area contributed by atoms with E-state index in [9.17, 15) is 4.79 Å². The number of rotatable bonds is 4. The molecule has 134 valence electrons. The van der Waals surface area contributed by atoms with E-state index >= 15 is 0 Å². The van der Waals surface area contributed by atoms with E-state index in [0.717, 1.165) is 22.3 Å². The summed E-state index contributed by atoms with van der Waals surface area (Å²) in [5, 5.41) is 5.92. The summed E-state index contributed by atoms with van der Waals surface area (Å²) in [6.07, 6.45) is 3.46. The molecular weight excluding hydrogens is 340 g/mol. The van der Waals surface area contributed by atoms with Gasteiger partial charge in [0, 0.05) is 11.8 Å². The SMILES string of the molecule is C=C(C)c1ccc(-c2ccc(Nc3cnc4c(c3)NC(=O)CO4)nc2)cc1. The molecule has 4 rings (SSSR count). The predicted molar refractivity (Wildman–Crippen MR) is 106 cm³/mol. The molecule has 0 radical (unpaired) electrons. The lowest BCUT2D eigenvalue weighted by Crippen LogP contribution is -2.26. The van der Waals surface area contributed by atoms with Crippen molar-refractivity contribution in [3.63, 3.8) is 0 Å². The Hall–Kier alpha value is -3.67. The number of anilines is 3. The number of allylic oxidation sites excluding steroid dienone is 1. The third kappa shape index (κ3) is 3.64. The molecule has 1 aromatic carbocycles. The number of carbonyl (C=O) groups is 1. The van der Waals surface area contributed by atoms with Crippen LogP contribution in [-0.4, -0.2) is 22.5 Å². The Kier molecular flexibility index (Phi) is 4.30. The van der Waals surface area contributed by atoms with Gasteiger partial charge in [0.15, 0.2) is 6.61 Å². The fraction of sp³-hybridized carbons (Fsp3) is 0.0952. The molecule has 1 aliphatic rings. The maximum absolute atomic E-state index is 11.4. The van der Waals surface area contributed by atoms with Crippen molar-refractivity contribution < 1.29 is 9.53 Å². The highest BCUT2D eigenvalue weighted by molar-refractivity contribution is 5.95. The maximum atomic E-state index is 11.4. The molecule has 1 aliphatic heterocycles. The number of carbonyl (C=O) groups excluding carboxylic acids is 1. The van der Waals surface area contributed by atoms with Crippen LogP contribution in [0.4, 0.5) is 17.2 Å². The zero-order chi connectivity index (χ0) is 18.8. The second-order valence-corrected chi connectivity index (χ2v) is 6.33. The fourth-order valence-corrected chi connectivity index (χ4v) is 2.78. The number of aromatic nitrogens is 2. The summed E-state index contributed by atoms with van der Waals surface area (Å²) in [7, 11) is 0. The summed E-state index contributed by atoms with van der Waals surface area (Å²) < 4.78 is 5.26. The molecule has 0 saturated heterocycles. The van der Waals surface area contributed by atoms with Crippen molar-refractivity contribution in [2.24, 2.45) is 0 Å². The first-order chi connectivity index (χ1) is 13.1. The number of amides is 1. The molecule has 0 fully saturated rings. The Morgan fingerprint density at radius 1 is 1.11 bits per heavy atom. The van der Waals surface area contributed by atoms with Crippen LogP contribution in [-0.2, 0) is 4.79 Å². The third-order valence-electron chi connectivity index (χ3n) is 4.21. The van der Waals surface area contributed by atoms with Gasteiger partial charge in [0.2, 0.25) is 5.88 Å². The van der Waals surface area contributed by atoms with Crippen molar-refractivity contribution in [3.05, 3.63) is 67.0 Å². The lowest BCUT2D eigenvalue weighted by atomic mass is 10.0. The van der Waals surface area contributed by atoms with Crippen LogP contribution < -0.4 is 15.4 Å². The van der Waals surface area contributed by atoms with Gasteiger partial charge in [-0.3, -0.25) is 4.79 Å². The summed E-state index contributed by atoms with van der Waals surface area (Å²) >= 11 is 0. The quantitative estimate of drug-likeness (QED) is 0.729. The van der Waals surface area contributed by atoms with E-state index < -0.39 is 0 Å². The molecule has 0 spiro atoms. The molecule has 2 N–H and O–H groups in total. The van der Waals surface area contributed by atoms with Gasteiger partial charge in [-0.15, -0.1) is 0 Å². The zero-order valence-corrected chi connectivity index (χ0v) is 14.8. The van der Waals surface area contributed by atoms with Gasteiger partial charge in [-0.05, 0) is 36.2 Å². The molecule has 0 aliphatic carbocycles. The molecule has 2 aromatic heterocycles. The van der Waals surface area contributed by atoms with E-state index in [1.807, 2.05) is 25.3 Å². The summed E-state index contributed by atoms with van der Waals surface area (Å²) in [5.74, 6) is 0.908. The average Bonchev–Trinajstić information content (AvgIpc) is 2.68. The Labute approximate surface area is 156 Å². The van der Waals surface area contributed by atoms with Crippen LogP contribution in [0, 0.1) is 0 Å². The van der Waals surface area contributed by atoms with Gasteiger partial charge in [-0.1, -0.05) is 36.4 Å². The highest BCUT2D eigenvalue weighted by Crippen LogP contribution is 2.29. The Morgan fingerprint density at radius 3 is 2.59 bits per heavy atom. The monoisotopic (exact) mass is 358 g/mol. The number of hydrogen-bond acceptors (Lipinski definition) is 5. The van der Waals surface area contributed by atoms with E-state index in [4.69, 9.17) is 4.74 Å². The van der Waals surface area contributed by atoms with E-state index in [-0.39, 0.29) is 12.5 Å². The van der Waals surface area contributed by atoms with Crippen molar-refractivity contribution >= 4 is 28.7 Å². The second-order valence-electron chi connectivity index (χ2n) is 6.33. The number of fused-ring (bicyclic) bond motifs is 1. The Bertz CT molecular complexity index is 1010. The van der Waals surface area contributed by atoms with Crippen LogP contribution in [0.15, 0.2) is 61.4 Å². The molecule has 27 heavy (non-hydrogen) atoms. The van der Waals surface area contributed by atoms with E-state index in [1.54, 1.807) is 12.3 Å². The zero-order valence-electron chi connectivity index (χ0n) is 14.8.